The molecule has 1 saturated heterocycles. The summed E-state index contributed by atoms with van der Waals surface area (Å²) in [5.74, 6) is 0.0784. The first kappa shape index (κ1) is 13.8. The SMILES string of the molecule is CC1CNC(C(=O)N(C)CC2(O)CCCC2)CN1. The minimum absolute atomic E-state index is 0.0784. The number of carbonyl (C=O) groups is 1. The van der Waals surface area contributed by atoms with Gasteiger partial charge >= 0.3 is 0 Å². The summed E-state index contributed by atoms with van der Waals surface area (Å²) in [7, 11) is 1.79. The van der Waals surface area contributed by atoms with Crippen LogP contribution in [0.4, 0.5) is 0 Å². The highest BCUT2D eigenvalue weighted by atomic mass is 16.3. The number of aliphatic hydroxyl groups is 1. The zero-order chi connectivity index (χ0) is 13.2. The second-order valence-electron chi connectivity index (χ2n) is 5.90. The third-order valence-corrected chi connectivity index (χ3v) is 4.08. The molecule has 5 heteroatoms. The lowest BCUT2D eigenvalue weighted by molar-refractivity contribution is -0.135. The smallest absolute Gasteiger partial charge is 0.240 e. The van der Waals surface area contributed by atoms with E-state index in [1.807, 2.05) is 0 Å². The highest BCUT2D eigenvalue weighted by Gasteiger charge is 2.35. The van der Waals surface area contributed by atoms with Crippen LogP contribution in [-0.4, -0.2) is 60.3 Å². The van der Waals surface area contributed by atoms with Gasteiger partial charge in [0.15, 0.2) is 0 Å². The van der Waals surface area contributed by atoms with Crippen LogP contribution in [0.3, 0.4) is 0 Å². The summed E-state index contributed by atoms with van der Waals surface area (Å²) in [6, 6.07) is 0.259. The molecule has 0 radical (unpaired) electrons. The van der Waals surface area contributed by atoms with E-state index >= 15 is 0 Å². The van der Waals surface area contributed by atoms with Crippen molar-refractivity contribution < 1.29 is 9.90 Å². The van der Waals surface area contributed by atoms with Gasteiger partial charge in [-0.05, 0) is 19.8 Å². The van der Waals surface area contributed by atoms with Gasteiger partial charge in [-0.2, -0.15) is 0 Å². The number of amides is 1. The maximum Gasteiger partial charge on any atom is 0.240 e. The first-order valence-corrected chi connectivity index (χ1v) is 6.94. The van der Waals surface area contributed by atoms with Gasteiger partial charge in [0.05, 0.1) is 11.6 Å². The first-order valence-electron chi connectivity index (χ1n) is 6.94. The van der Waals surface area contributed by atoms with Crippen molar-refractivity contribution in [2.45, 2.75) is 50.3 Å². The highest BCUT2D eigenvalue weighted by Crippen LogP contribution is 2.29. The summed E-state index contributed by atoms with van der Waals surface area (Å²) in [4.78, 5) is 13.9. The molecule has 18 heavy (non-hydrogen) atoms. The predicted molar refractivity (Wildman–Crippen MR) is 70.3 cm³/mol. The summed E-state index contributed by atoms with van der Waals surface area (Å²) < 4.78 is 0. The van der Waals surface area contributed by atoms with Crippen molar-refractivity contribution in [2.24, 2.45) is 0 Å². The molecule has 1 amide bonds. The van der Waals surface area contributed by atoms with Crippen LogP contribution in [-0.2, 0) is 4.79 Å². The van der Waals surface area contributed by atoms with E-state index in [2.05, 4.69) is 17.6 Å². The molecule has 2 aliphatic rings. The number of rotatable bonds is 3. The van der Waals surface area contributed by atoms with E-state index in [1.54, 1.807) is 11.9 Å². The molecular formula is C13H25N3O2. The maximum absolute atomic E-state index is 12.2. The topological polar surface area (TPSA) is 64.6 Å². The van der Waals surface area contributed by atoms with Crippen molar-refractivity contribution in [2.75, 3.05) is 26.7 Å². The zero-order valence-electron chi connectivity index (χ0n) is 11.4. The molecule has 0 bridgehead atoms. The van der Waals surface area contributed by atoms with E-state index in [4.69, 9.17) is 0 Å². The van der Waals surface area contributed by atoms with E-state index in [-0.39, 0.29) is 11.9 Å². The van der Waals surface area contributed by atoms with Gasteiger partial charge in [-0.1, -0.05) is 12.8 Å². The average molecular weight is 255 g/mol. The Labute approximate surface area is 109 Å². The highest BCUT2D eigenvalue weighted by molar-refractivity contribution is 5.82. The van der Waals surface area contributed by atoms with Gasteiger partial charge < -0.3 is 20.6 Å². The van der Waals surface area contributed by atoms with Crippen molar-refractivity contribution in [3.8, 4) is 0 Å². The number of hydrogen-bond donors (Lipinski definition) is 3. The standard InChI is InChI=1S/C13H25N3O2/c1-10-7-15-11(8-14-10)12(17)16(2)9-13(18)5-3-4-6-13/h10-11,14-15,18H,3-9H2,1-2H3. The van der Waals surface area contributed by atoms with Crippen LogP contribution in [0.2, 0.25) is 0 Å². The number of hydrogen-bond acceptors (Lipinski definition) is 4. The Morgan fingerprint density at radius 1 is 1.33 bits per heavy atom. The molecule has 0 aromatic carbocycles. The molecule has 2 fully saturated rings. The van der Waals surface area contributed by atoms with Gasteiger partial charge in [-0.25, -0.2) is 0 Å². The molecule has 0 aromatic heterocycles. The third kappa shape index (κ3) is 3.22. The third-order valence-electron chi connectivity index (χ3n) is 4.08. The van der Waals surface area contributed by atoms with Gasteiger partial charge in [0, 0.05) is 32.7 Å². The van der Waals surface area contributed by atoms with Crippen molar-refractivity contribution in [1.29, 1.82) is 0 Å². The summed E-state index contributed by atoms with van der Waals surface area (Å²) >= 11 is 0. The second-order valence-corrected chi connectivity index (χ2v) is 5.90. The molecule has 2 unspecified atom stereocenters. The molecular weight excluding hydrogens is 230 g/mol. The summed E-state index contributed by atoms with van der Waals surface area (Å²) in [6.45, 7) is 4.04. The van der Waals surface area contributed by atoms with Gasteiger partial charge in [-0.15, -0.1) is 0 Å². The van der Waals surface area contributed by atoms with E-state index in [0.29, 0.717) is 19.1 Å². The Balaban J connectivity index is 1.84. The Morgan fingerprint density at radius 2 is 2.00 bits per heavy atom. The van der Waals surface area contributed by atoms with Crippen LogP contribution in [0.5, 0.6) is 0 Å². The Morgan fingerprint density at radius 3 is 2.56 bits per heavy atom. The molecule has 104 valence electrons. The minimum Gasteiger partial charge on any atom is -0.388 e. The Kier molecular flexibility index (Phi) is 4.25. The molecule has 1 aliphatic heterocycles. The number of piperazine rings is 1. The molecule has 2 rings (SSSR count). The fourth-order valence-corrected chi connectivity index (χ4v) is 2.93. The largest absolute Gasteiger partial charge is 0.388 e. The quantitative estimate of drug-likeness (QED) is 0.648. The van der Waals surface area contributed by atoms with Crippen molar-refractivity contribution >= 4 is 5.91 Å². The van der Waals surface area contributed by atoms with Gasteiger partial charge in [-0.3, -0.25) is 4.79 Å². The monoisotopic (exact) mass is 255 g/mol. The van der Waals surface area contributed by atoms with Crippen molar-refractivity contribution in [1.82, 2.24) is 15.5 Å². The second kappa shape index (κ2) is 5.55. The van der Waals surface area contributed by atoms with E-state index in [9.17, 15) is 9.90 Å². The Bertz CT molecular complexity index is 295. The fourth-order valence-electron chi connectivity index (χ4n) is 2.93. The lowest BCUT2D eigenvalue weighted by atomic mass is 10.0. The lowest BCUT2D eigenvalue weighted by Gasteiger charge is -2.34. The molecule has 1 aliphatic carbocycles. The van der Waals surface area contributed by atoms with Crippen LogP contribution in [0, 0.1) is 0 Å². The number of carbonyl (C=O) groups excluding carboxylic acids is 1. The van der Waals surface area contributed by atoms with Crippen molar-refractivity contribution in [3.05, 3.63) is 0 Å². The molecule has 2 atom stereocenters. The van der Waals surface area contributed by atoms with Crippen LogP contribution >= 0.6 is 0 Å². The fraction of sp³-hybridized carbons (Fsp3) is 0.923. The van der Waals surface area contributed by atoms with Crippen LogP contribution < -0.4 is 10.6 Å². The van der Waals surface area contributed by atoms with Gasteiger partial charge in [0.2, 0.25) is 5.91 Å². The van der Waals surface area contributed by atoms with E-state index in [0.717, 1.165) is 32.2 Å². The summed E-state index contributed by atoms with van der Waals surface area (Å²) in [5.41, 5.74) is -0.653. The van der Waals surface area contributed by atoms with Crippen LogP contribution in [0.1, 0.15) is 32.6 Å². The molecule has 1 saturated carbocycles. The van der Waals surface area contributed by atoms with Gasteiger partial charge in [0.25, 0.3) is 0 Å². The van der Waals surface area contributed by atoms with Crippen molar-refractivity contribution in [3.63, 3.8) is 0 Å². The predicted octanol–water partition coefficient (Wildman–Crippen LogP) is -0.300. The molecule has 0 aromatic rings. The first-order chi connectivity index (χ1) is 8.50. The lowest BCUT2D eigenvalue weighted by Crippen LogP contribution is -2.60. The zero-order valence-corrected chi connectivity index (χ0v) is 11.4. The summed E-state index contributed by atoms with van der Waals surface area (Å²) in [6.07, 6.45) is 3.77. The maximum atomic E-state index is 12.2. The van der Waals surface area contributed by atoms with E-state index in [1.165, 1.54) is 0 Å². The average Bonchev–Trinajstić information content (AvgIpc) is 2.76. The van der Waals surface area contributed by atoms with Crippen LogP contribution in [0.25, 0.3) is 0 Å². The molecule has 0 spiro atoms. The number of likely N-dealkylation sites (N-methyl/N-ethyl adjacent to an activating group) is 1. The molecule has 1 heterocycles. The van der Waals surface area contributed by atoms with Gasteiger partial charge in [0.1, 0.15) is 0 Å². The minimum atomic E-state index is -0.653. The molecule has 3 N–H and O–H groups in total. The summed E-state index contributed by atoms with van der Waals surface area (Å²) in [5, 5.41) is 16.9. The normalized spacial score (nSPS) is 31.3. The number of nitrogens with one attached hydrogen (secondary N) is 2. The Hall–Kier alpha value is -0.650. The van der Waals surface area contributed by atoms with Crippen LogP contribution in [0.15, 0.2) is 0 Å². The molecule has 5 nitrogen and oxygen atoms in total. The number of nitrogens with zero attached hydrogens (tertiary/aromatic N) is 1. The van der Waals surface area contributed by atoms with E-state index < -0.39 is 5.60 Å².